The van der Waals surface area contributed by atoms with Crippen LogP contribution in [0.5, 0.6) is 5.75 Å². The van der Waals surface area contributed by atoms with Crippen molar-refractivity contribution in [3.05, 3.63) is 23.3 Å². The molecule has 0 saturated carbocycles. The fraction of sp³-hybridized carbons (Fsp3) is 0.500. The molecule has 22 heavy (non-hydrogen) atoms. The van der Waals surface area contributed by atoms with Crippen LogP contribution in [-0.2, 0) is 11.2 Å². The number of nitrogens with two attached hydrogens (primary N) is 1. The number of ether oxygens (including phenoxy) is 1. The first-order valence-electron chi connectivity index (χ1n) is 7.59. The van der Waals surface area contributed by atoms with Gasteiger partial charge in [-0.1, -0.05) is 6.92 Å². The standard InChI is InChI=1S/C16H23N3O3/c1-4-11-7-14-13(8-12(11)16(21)18-10(2)3)19(6-5-17)15(20)9-22-14/h7-8,10H,4-6,9,17H2,1-3H3,(H,18,21). The highest BCUT2D eigenvalue weighted by molar-refractivity contribution is 6.02. The van der Waals surface area contributed by atoms with Gasteiger partial charge in [0, 0.05) is 24.7 Å². The number of amides is 2. The first-order chi connectivity index (χ1) is 10.5. The third-order valence-corrected chi connectivity index (χ3v) is 3.53. The molecule has 1 heterocycles. The molecule has 2 amide bonds. The van der Waals surface area contributed by atoms with Crippen LogP contribution >= 0.6 is 0 Å². The number of carbonyl (C=O) groups excluding carboxylic acids is 2. The normalized spacial score (nSPS) is 13.9. The lowest BCUT2D eigenvalue weighted by atomic mass is 10.0. The largest absolute Gasteiger partial charge is 0.482 e. The summed E-state index contributed by atoms with van der Waals surface area (Å²) in [5, 5.41) is 2.89. The van der Waals surface area contributed by atoms with Gasteiger partial charge in [0.2, 0.25) is 0 Å². The number of hydrogen-bond acceptors (Lipinski definition) is 4. The summed E-state index contributed by atoms with van der Waals surface area (Å²) < 4.78 is 5.51. The van der Waals surface area contributed by atoms with Crippen LogP contribution in [0.3, 0.4) is 0 Å². The molecule has 0 unspecified atom stereocenters. The van der Waals surface area contributed by atoms with E-state index in [1.807, 2.05) is 26.8 Å². The van der Waals surface area contributed by atoms with Crippen LogP contribution in [0.4, 0.5) is 5.69 Å². The summed E-state index contributed by atoms with van der Waals surface area (Å²) in [7, 11) is 0. The van der Waals surface area contributed by atoms with E-state index < -0.39 is 0 Å². The summed E-state index contributed by atoms with van der Waals surface area (Å²) in [4.78, 5) is 26.0. The lowest BCUT2D eigenvalue weighted by molar-refractivity contribution is -0.121. The minimum atomic E-state index is -0.141. The van der Waals surface area contributed by atoms with Crippen molar-refractivity contribution in [3.8, 4) is 5.75 Å². The number of fused-ring (bicyclic) bond motifs is 1. The lowest BCUT2D eigenvalue weighted by Crippen LogP contribution is -2.42. The highest BCUT2D eigenvalue weighted by Crippen LogP contribution is 2.35. The molecule has 3 N–H and O–H groups in total. The summed E-state index contributed by atoms with van der Waals surface area (Å²) in [5.74, 6) is 0.351. The quantitative estimate of drug-likeness (QED) is 0.852. The Morgan fingerprint density at radius 2 is 2.18 bits per heavy atom. The number of benzene rings is 1. The van der Waals surface area contributed by atoms with E-state index in [0.717, 1.165) is 5.56 Å². The molecule has 1 aliphatic rings. The monoisotopic (exact) mass is 305 g/mol. The van der Waals surface area contributed by atoms with E-state index in [1.54, 1.807) is 11.0 Å². The molecule has 0 spiro atoms. The Morgan fingerprint density at radius 3 is 2.77 bits per heavy atom. The van der Waals surface area contributed by atoms with E-state index in [2.05, 4.69) is 5.32 Å². The molecule has 2 rings (SSSR count). The molecule has 1 aliphatic heterocycles. The number of hydrogen-bond donors (Lipinski definition) is 2. The topological polar surface area (TPSA) is 84.7 Å². The van der Waals surface area contributed by atoms with Crippen molar-refractivity contribution in [3.63, 3.8) is 0 Å². The summed E-state index contributed by atoms with van der Waals surface area (Å²) in [6.45, 7) is 6.58. The molecule has 120 valence electrons. The summed E-state index contributed by atoms with van der Waals surface area (Å²) in [6, 6.07) is 3.63. The van der Waals surface area contributed by atoms with Crippen LogP contribution in [0.15, 0.2) is 12.1 Å². The minimum Gasteiger partial charge on any atom is -0.482 e. The van der Waals surface area contributed by atoms with Crippen LogP contribution in [0.2, 0.25) is 0 Å². The van der Waals surface area contributed by atoms with E-state index in [0.29, 0.717) is 36.5 Å². The number of carbonyl (C=O) groups is 2. The highest BCUT2D eigenvalue weighted by Gasteiger charge is 2.27. The molecule has 0 bridgehead atoms. The second kappa shape index (κ2) is 6.79. The number of nitrogens with zero attached hydrogens (tertiary/aromatic N) is 1. The third-order valence-electron chi connectivity index (χ3n) is 3.53. The van der Waals surface area contributed by atoms with E-state index in [-0.39, 0.29) is 24.5 Å². The highest BCUT2D eigenvalue weighted by atomic mass is 16.5. The fourth-order valence-corrected chi connectivity index (χ4v) is 2.51. The van der Waals surface area contributed by atoms with Gasteiger partial charge in [-0.15, -0.1) is 0 Å². The maximum Gasteiger partial charge on any atom is 0.265 e. The molecule has 1 aromatic carbocycles. The summed E-state index contributed by atoms with van der Waals surface area (Å²) in [6.07, 6.45) is 0.711. The van der Waals surface area contributed by atoms with Crippen LogP contribution in [0.25, 0.3) is 0 Å². The molecule has 6 heteroatoms. The third kappa shape index (κ3) is 3.22. The van der Waals surface area contributed by atoms with Gasteiger partial charge in [0.05, 0.1) is 5.69 Å². The Morgan fingerprint density at radius 1 is 1.45 bits per heavy atom. The zero-order valence-electron chi connectivity index (χ0n) is 13.3. The van der Waals surface area contributed by atoms with Crippen molar-refractivity contribution in [2.24, 2.45) is 5.73 Å². The van der Waals surface area contributed by atoms with Crippen molar-refractivity contribution < 1.29 is 14.3 Å². The van der Waals surface area contributed by atoms with Crippen molar-refractivity contribution in [1.82, 2.24) is 5.32 Å². The molecule has 0 fully saturated rings. The van der Waals surface area contributed by atoms with Crippen molar-refractivity contribution in [2.75, 3.05) is 24.6 Å². The Hall–Kier alpha value is -2.08. The Kier molecular flexibility index (Phi) is 5.03. The fourth-order valence-electron chi connectivity index (χ4n) is 2.51. The number of rotatable bonds is 5. The average molecular weight is 305 g/mol. The van der Waals surface area contributed by atoms with Gasteiger partial charge in [0.1, 0.15) is 5.75 Å². The van der Waals surface area contributed by atoms with E-state index in [4.69, 9.17) is 10.5 Å². The summed E-state index contributed by atoms with van der Waals surface area (Å²) >= 11 is 0. The Labute approximate surface area is 130 Å². The summed E-state index contributed by atoms with van der Waals surface area (Å²) in [5.41, 5.74) is 7.68. The average Bonchev–Trinajstić information content (AvgIpc) is 2.48. The van der Waals surface area contributed by atoms with Crippen molar-refractivity contribution in [1.29, 1.82) is 0 Å². The lowest BCUT2D eigenvalue weighted by Gasteiger charge is -2.30. The number of anilines is 1. The first kappa shape index (κ1) is 16.3. The minimum absolute atomic E-state index is 0.00763. The van der Waals surface area contributed by atoms with E-state index in [1.165, 1.54) is 0 Å². The van der Waals surface area contributed by atoms with Crippen LogP contribution < -0.4 is 20.7 Å². The maximum atomic E-state index is 12.4. The second-order valence-electron chi connectivity index (χ2n) is 5.58. The Balaban J connectivity index is 2.47. The number of nitrogens with one attached hydrogen (secondary N) is 1. The van der Waals surface area contributed by atoms with Gasteiger partial charge in [-0.2, -0.15) is 0 Å². The maximum absolute atomic E-state index is 12.4. The molecule has 0 aromatic heterocycles. The second-order valence-corrected chi connectivity index (χ2v) is 5.58. The first-order valence-corrected chi connectivity index (χ1v) is 7.59. The smallest absolute Gasteiger partial charge is 0.265 e. The van der Waals surface area contributed by atoms with Crippen LogP contribution in [0, 0.1) is 0 Å². The van der Waals surface area contributed by atoms with Gasteiger partial charge < -0.3 is 20.7 Å². The Bertz CT molecular complexity index is 584. The van der Waals surface area contributed by atoms with E-state index in [9.17, 15) is 9.59 Å². The molecular formula is C16H23N3O3. The van der Waals surface area contributed by atoms with Gasteiger partial charge in [0.15, 0.2) is 6.61 Å². The number of aryl methyl sites for hydroxylation is 1. The molecular weight excluding hydrogens is 282 g/mol. The van der Waals surface area contributed by atoms with Crippen molar-refractivity contribution in [2.45, 2.75) is 33.2 Å². The zero-order chi connectivity index (χ0) is 16.3. The van der Waals surface area contributed by atoms with Gasteiger partial charge in [-0.25, -0.2) is 0 Å². The van der Waals surface area contributed by atoms with Crippen LogP contribution in [-0.4, -0.2) is 37.6 Å². The molecule has 0 atom stereocenters. The predicted molar refractivity (Wildman–Crippen MR) is 85.3 cm³/mol. The molecule has 1 aromatic rings. The van der Waals surface area contributed by atoms with Crippen molar-refractivity contribution >= 4 is 17.5 Å². The molecule has 0 radical (unpaired) electrons. The van der Waals surface area contributed by atoms with Gasteiger partial charge in [-0.3, -0.25) is 9.59 Å². The van der Waals surface area contributed by atoms with Gasteiger partial charge in [-0.05, 0) is 38.0 Å². The SMILES string of the molecule is CCc1cc2c(cc1C(=O)NC(C)C)N(CCN)C(=O)CO2. The molecule has 6 nitrogen and oxygen atoms in total. The predicted octanol–water partition coefficient (Wildman–Crippen LogP) is 1.07. The molecule has 0 aliphatic carbocycles. The molecule has 0 saturated heterocycles. The van der Waals surface area contributed by atoms with E-state index >= 15 is 0 Å². The van der Waals surface area contributed by atoms with Gasteiger partial charge in [0.25, 0.3) is 11.8 Å². The van der Waals surface area contributed by atoms with Gasteiger partial charge >= 0.3 is 0 Å². The zero-order valence-corrected chi connectivity index (χ0v) is 13.3. The van der Waals surface area contributed by atoms with Crippen LogP contribution in [0.1, 0.15) is 36.7 Å².